The molecule has 0 spiro atoms. The van der Waals surface area contributed by atoms with Crippen molar-refractivity contribution in [2.24, 2.45) is 5.73 Å². The van der Waals surface area contributed by atoms with Crippen molar-refractivity contribution >= 4 is 11.6 Å². The number of anilines is 1. The highest BCUT2D eigenvalue weighted by molar-refractivity contribution is 5.92. The van der Waals surface area contributed by atoms with Crippen LogP contribution in [0.3, 0.4) is 0 Å². The average Bonchev–Trinajstić information content (AvgIpc) is 2.87. The predicted octanol–water partition coefficient (Wildman–Crippen LogP) is 2.60. The molecule has 2 aromatic rings. The number of fused-ring (bicyclic) bond motifs is 1. The summed E-state index contributed by atoms with van der Waals surface area (Å²) in [4.78, 5) is 11.5. The lowest BCUT2D eigenvalue weighted by Gasteiger charge is -2.13. The Labute approximate surface area is 111 Å². The first-order valence-corrected chi connectivity index (χ1v) is 6.44. The van der Waals surface area contributed by atoms with E-state index in [2.05, 4.69) is 11.4 Å². The zero-order chi connectivity index (χ0) is 13.2. The van der Waals surface area contributed by atoms with Crippen LogP contribution in [0.2, 0.25) is 0 Å². The highest BCUT2D eigenvalue weighted by atomic mass is 16.3. The lowest BCUT2D eigenvalue weighted by Crippen LogP contribution is -2.12. The molecular weight excluding hydrogens is 240 g/mol. The first-order chi connectivity index (χ1) is 9.24. The van der Waals surface area contributed by atoms with E-state index in [-0.39, 0.29) is 11.9 Å². The van der Waals surface area contributed by atoms with E-state index in [9.17, 15) is 4.79 Å². The molecule has 4 nitrogen and oxygen atoms in total. The molecule has 0 saturated heterocycles. The zero-order valence-corrected chi connectivity index (χ0v) is 10.6. The third-order valence-corrected chi connectivity index (χ3v) is 3.51. The minimum absolute atomic E-state index is 0.0885. The van der Waals surface area contributed by atoms with E-state index in [4.69, 9.17) is 10.2 Å². The van der Waals surface area contributed by atoms with Gasteiger partial charge in [-0.2, -0.15) is 0 Å². The molecule has 0 saturated carbocycles. The SMILES string of the molecule is NC(c1ccoc1)c1ccc2c(c1)CCCC(=O)N2. The van der Waals surface area contributed by atoms with Crippen molar-refractivity contribution in [1.82, 2.24) is 0 Å². The van der Waals surface area contributed by atoms with Crippen molar-refractivity contribution < 1.29 is 9.21 Å². The molecule has 1 aliphatic heterocycles. The highest BCUT2D eigenvalue weighted by Crippen LogP contribution is 2.27. The molecule has 2 heterocycles. The second-order valence-corrected chi connectivity index (χ2v) is 4.85. The molecule has 1 amide bonds. The van der Waals surface area contributed by atoms with Gasteiger partial charge < -0.3 is 15.5 Å². The van der Waals surface area contributed by atoms with E-state index >= 15 is 0 Å². The van der Waals surface area contributed by atoms with Crippen molar-refractivity contribution in [2.75, 3.05) is 5.32 Å². The topological polar surface area (TPSA) is 68.3 Å². The lowest BCUT2D eigenvalue weighted by molar-refractivity contribution is -0.116. The van der Waals surface area contributed by atoms with Crippen molar-refractivity contribution in [1.29, 1.82) is 0 Å². The number of furan rings is 1. The third kappa shape index (κ3) is 2.39. The molecule has 19 heavy (non-hydrogen) atoms. The van der Waals surface area contributed by atoms with Gasteiger partial charge in [-0.05, 0) is 36.1 Å². The molecule has 1 atom stereocenters. The Morgan fingerprint density at radius 1 is 1.21 bits per heavy atom. The molecule has 98 valence electrons. The third-order valence-electron chi connectivity index (χ3n) is 3.51. The van der Waals surface area contributed by atoms with Crippen LogP contribution in [0.15, 0.2) is 41.2 Å². The number of rotatable bonds is 2. The monoisotopic (exact) mass is 256 g/mol. The number of hydrogen-bond acceptors (Lipinski definition) is 3. The van der Waals surface area contributed by atoms with Gasteiger partial charge in [-0.3, -0.25) is 4.79 Å². The first-order valence-electron chi connectivity index (χ1n) is 6.44. The van der Waals surface area contributed by atoms with Gasteiger partial charge in [0.2, 0.25) is 5.91 Å². The summed E-state index contributed by atoms with van der Waals surface area (Å²) in [6, 6.07) is 7.66. The van der Waals surface area contributed by atoms with Crippen molar-refractivity contribution in [3.8, 4) is 0 Å². The van der Waals surface area contributed by atoms with Crippen LogP contribution in [0.25, 0.3) is 0 Å². The van der Waals surface area contributed by atoms with Crippen molar-refractivity contribution in [2.45, 2.75) is 25.3 Å². The maximum Gasteiger partial charge on any atom is 0.224 e. The smallest absolute Gasteiger partial charge is 0.224 e. The van der Waals surface area contributed by atoms with Gasteiger partial charge in [0.25, 0.3) is 0 Å². The van der Waals surface area contributed by atoms with Gasteiger partial charge in [0.15, 0.2) is 0 Å². The second-order valence-electron chi connectivity index (χ2n) is 4.85. The number of carbonyl (C=O) groups is 1. The van der Waals surface area contributed by atoms with Gasteiger partial charge in [0.1, 0.15) is 0 Å². The predicted molar refractivity (Wildman–Crippen MR) is 72.7 cm³/mol. The molecule has 3 rings (SSSR count). The van der Waals surface area contributed by atoms with Crippen LogP contribution in [-0.2, 0) is 11.2 Å². The number of amides is 1. The molecule has 4 heteroatoms. The summed E-state index contributed by atoms with van der Waals surface area (Å²) in [5, 5.41) is 2.93. The number of nitrogens with one attached hydrogen (secondary N) is 1. The maximum absolute atomic E-state index is 11.5. The van der Waals surface area contributed by atoms with E-state index in [0.29, 0.717) is 6.42 Å². The maximum atomic E-state index is 11.5. The minimum Gasteiger partial charge on any atom is -0.472 e. The molecule has 3 N–H and O–H groups in total. The molecular formula is C15H16N2O2. The molecule has 0 aliphatic carbocycles. The summed E-state index contributed by atoms with van der Waals surface area (Å²) in [6.07, 6.45) is 5.65. The van der Waals surface area contributed by atoms with Gasteiger partial charge >= 0.3 is 0 Å². The Morgan fingerprint density at radius 2 is 2.11 bits per heavy atom. The van der Waals surface area contributed by atoms with Crippen LogP contribution in [-0.4, -0.2) is 5.91 Å². The van der Waals surface area contributed by atoms with E-state index in [0.717, 1.165) is 35.2 Å². The van der Waals surface area contributed by atoms with Gasteiger partial charge in [0.05, 0.1) is 18.6 Å². The fourth-order valence-electron chi connectivity index (χ4n) is 2.43. The second kappa shape index (κ2) is 4.90. The Kier molecular flexibility index (Phi) is 3.09. The molecule has 1 aromatic heterocycles. The molecule has 0 fully saturated rings. The Hall–Kier alpha value is -2.07. The van der Waals surface area contributed by atoms with Gasteiger partial charge in [-0.1, -0.05) is 12.1 Å². The van der Waals surface area contributed by atoms with E-state index in [1.807, 2.05) is 18.2 Å². The van der Waals surface area contributed by atoms with E-state index < -0.39 is 0 Å². The van der Waals surface area contributed by atoms with Gasteiger partial charge in [0, 0.05) is 17.7 Å². The highest BCUT2D eigenvalue weighted by Gasteiger charge is 2.16. The number of carbonyl (C=O) groups excluding carboxylic acids is 1. The minimum atomic E-state index is -0.192. The van der Waals surface area contributed by atoms with Crippen LogP contribution in [0, 0.1) is 0 Å². The Morgan fingerprint density at radius 3 is 2.89 bits per heavy atom. The number of hydrogen-bond donors (Lipinski definition) is 2. The van der Waals surface area contributed by atoms with Crippen LogP contribution < -0.4 is 11.1 Å². The molecule has 1 unspecified atom stereocenters. The van der Waals surface area contributed by atoms with Gasteiger partial charge in [-0.25, -0.2) is 0 Å². The molecule has 1 aromatic carbocycles. The largest absolute Gasteiger partial charge is 0.472 e. The normalized spacial score (nSPS) is 16.4. The number of benzene rings is 1. The lowest BCUT2D eigenvalue weighted by atomic mass is 9.97. The molecule has 1 aliphatic rings. The number of nitrogens with two attached hydrogens (primary N) is 1. The summed E-state index contributed by atoms with van der Waals surface area (Å²) in [6.45, 7) is 0. The standard InChI is InChI=1S/C15H16N2O2/c16-15(12-6-7-19-9-12)11-4-5-13-10(8-11)2-1-3-14(18)17-13/h4-9,15H,1-3,16H2,(H,17,18). The summed E-state index contributed by atoms with van der Waals surface area (Å²) in [7, 11) is 0. The summed E-state index contributed by atoms with van der Waals surface area (Å²) in [5.41, 5.74) is 10.3. The van der Waals surface area contributed by atoms with Crippen molar-refractivity contribution in [3.63, 3.8) is 0 Å². The summed E-state index contributed by atoms with van der Waals surface area (Å²) >= 11 is 0. The van der Waals surface area contributed by atoms with Crippen LogP contribution >= 0.6 is 0 Å². The quantitative estimate of drug-likeness (QED) is 0.867. The molecule has 0 bridgehead atoms. The zero-order valence-electron chi connectivity index (χ0n) is 10.6. The summed E-state index contributed by atoms with van der Waals surface area (Å²) in [5.74, 6) is 0.0885. The first kappa shape index (κ1) is 12.0. The van der Waals surface area contributed by atoms with Crippen LogP contribution in [0.5, 0.6) is 0 Å². The van der Waals surface area contributed by atoms with Gasteiger partial charge in [-0.15, -0.1) is 0 Å². The Bertz CT molecular complexity index is 590. The Balaban J connectivity index is 1.93. The molecule has 0 radical (unpaired) electrons. The number of aryl methyl sites for hydroxylation is 1. The van der Waals surface area contributed by atoms with Crippen molar-refractivity contribution in [3.05, 3.63) is 53.5 Å². The van der Waals surface area contributed by atoms with E-state index in [1.165, 1.54) is 0 Å². The van der Waals surface area contributed by atoms with E-state index in [1.54, 1.807) is 12.5 Å². The average molecular weight is 256 g/mol. The van der Waals surface area contributed by atoms with Crippen LogP contribution in [0.1, 0.15) is 35.6 Å². The fourth-order valence-corrected chi connectivity index (χ4v) is 2.43. The summed E-state index contributed by atoms with van der Waals surface area (Å²) < 4.78 is 5.07. The fraction of sp³-hybridized carbons (Fsp3) is 0.267. The van der Waals surface area contributed by atoms with Crippen LogP contribution in [0.4, 0.5) is 5.69 Å².